The number of anilines is 1. The molecule has 2 heteroatoms. The van der Waals surface area contributed by atoms with Crippen LogP contribution in [0, 0.1) is 11.3 Å². The molecule has 3 rings (SSSR count). The maximum Gasteiger partial charge on any atom is 0.0998 e. The van der Waals surface area contributed by atoms with E-state index >= 15 is 0 Å². The lowest BCUT2D eigenvalue weighted by Crippen LogP contribution is -1.87. The van der Waals surface area contributed by atoms with Crippen molar-refractivity contribution in [3.8, 4) is 17.2 Å². The van der Waals surface area contributed by atoms with Crippen LogP contribution in [0.15, 0.2) is 60.7 Å². The highest BCUT2D eigenvalue weighted by atomic mass is 14.5. The van der Waals surface area contributed by atoms with E-state index in [1.165, 1.54) is 0 Å². The fraction of sp³-hybridized carbons (Fsp3) is 0. The van der Waals surface area contributed by atoms with Crippen molar-refractivity contribution < 1.29 is 0 Å². The Balaban J connectivity index is 2.35. The van der Waals surface area contributed by atoms with Crippen molar-refractivity contribution in [3.05, 3.63) is 66.2 Å². The SMILES string of the molecule is N#Cc1cccc2cccc(-c3ccc(N)cc3)c12. The van der Waals surface area contributed by atoms with Crippen molar-refractivity contribution in [2.24, 2.45) is 0 Å². The molecular weight excluding hydrogens is 232 g/mol. The molecule has 3 aromatic carbocycles. The van der Waals surface area contributed by atoms with E-state index in [9.17, 15) is 5.26 Å². The monoisotopic (exact) mass is 244 g/mol. The van der Waals surface area contributed by atoms with Crippen molar-refractivity contribution in [2.45, 2.75) is 0 Å². The molecular formula is C17H12N2. The molecule has 0 radical (unpaired) electrons. The number of nitrogens with two attached hydrogens (primary N) is 1. The summed E-state index contributed by atoms with van der Waals surface area (Å²) in [5.41, 5.74) is 9.30. The first kappa shape index (κ1) is 11.3. The standard InChI is InChI=1S/C17H12N2/c18-11-14-5-1-3-13-4-2-6-16(17(13)14)12-7-9-15(19)10-8-12/h1-10H,19H2. The number of fused-ring (bicyclic) bond motifs is 1. The van der Waals surface area contributed by atoms with Gasteiger partial charge in [-0.15, -0.1) is 0 Å². The molecule has 0 aromatic heterocycles. The van der Waals surface area contributed by atoms with Crippen LogP contribution < -0.4 is 5.73 Å². The average Bonchev–Trinajstić information content (AvgIpc) is 2.47. The van der Waals surface area contributed by atoms with Crippen molar-refractivity contribution in [1.29, 1.82) is 5.26 Å². The molecule has 3 aromatic rings. The van der Waals surface area contributed by atoms with Gasteiger partial charge in [-0.2, -0.15) is 5.26 Å². The summed E-state index contributed by atoms with van der Waals surface area (Å²) in [5.74, 6) is 0. The van der Waals surface area contributed by atoms with Crippen molar-refractivity contribution in [1.82, 2.24) is 0 Å². The molecule has 0 fully saturated rings. The fourth-order valence-electron chi connectivity index (χ4n) is 2.34. The summed E-state index contributed by atoms with van der Waals surface area (Å²) in [6, 6.07) is 21.8. The Morgan fingerprint density at radius 2 is 1.53 bits per heavy atom. The third-order valence-electron chi connectivity index (χ3n) is 3.25. The van der Waals surface area contributed by atoms with Gasteiger partial charge in [0.05, 0.1) is 11.6 Å². The molecule has 0 saturated carbocycles. The zero-order valence-corrected chi connectivity index (χ0v) is 10.3. The maximum atomic E-state index is 9.28. The Bertz CT molecular complexity index is 775. The molecule has 0 unspecified atom stereocenters. The third-order valence-corrected chi connectivity index (χ3v) is 3.25. The minimum Gasteiger partial charge on any atom is -0.399 e. The highest BCUT2D eigenvalue weighted by Crippen LogP contribution is 2.31. The smallest absolute Gasteiger partial charge is 0.0998 e. The minimum absolute atomic E-state index is 0.699. The number of nitrogens with zero attached hydrogens (tertiary/aromatic N) is 1. The van der Waals surface area contributed by atoms with Crippen LogP contribution in [-0.4, -0.2) is 0 Å². The summed E-state index contributed by atoms with van der Waals surface area (Å²) < 4.78 is 0. The van der Waals surface area contributed by atoms with Gasteiger partial charge in [0.2, 0.25) is 0 Å². The minimum atomic E-state index is 0.699. The molecule has 0 aliphatic rings. The summed E-state index contributed by atoms with van der Waals surface area (Å²) in [4.78, 5) is 0. The first-order valence-corrected chi connectivity index (χ1v) is 6.07. The van der Waals surface area contributed by atoms with Crippen molar-refractivity contribution >= 4 is 16.5 Å². The number of hydrogen-bond donors (Lipinski definition) is 1. The normalized spacial score (nSPS) is 10.3. The van der Waals surface area contributed by atoms with Gasteiger partial charge in [-0.05, 0) is 34.7 Å². The van der Waals surface area contributed by atoms with Crippen LogP contribution in [0.1, 0.15) is 5.56 Å². The molecule has 2 nitrogen and oxygen atoms in total. The first-order valence-electron chi connectivity index (χ1n) is 6.07. The van der Waals surface area contributed by atoms with E-state index in [0.29, 0.717) is 5.56 Å². The van der Waals surface area contributed by atoms with Gasteiger partial charge in [-0.3, -0.25) is 0 Å². The number of rotatable bonds is 1. The molecule has 90 valence electrons. The predicted octanol–water partition coefficient (Wildman–Crippen LogP) is 3.96. The lowest BCUT2D eigenvalue weighted by atomic mass is 9.95. The fourth-order valence-corrected chi connectivity index (χ4v) is 2.34. The van der Waals surface area contributed by atoms with Crippen molar-refractivity contribution in [3.63, 3.8) is 0 Å². The van der Waals surface area contributed by atoms with Crippen LogP contribution in [0.5, 0.6) is 0 Å². The van der Waals surface area contributed by atoms with E-state index in [1.54, 1.807) is 0 Å². The third kappa shape index (κ3) is 1.92. The Morgan fingerprint density at radius 3 is 2.21 bits per heavy atom. The summed E-state index contributed by atoms with van der Waals surface area (Å²) >= 11 is 0. The lowest BCUT2D eigenvalue weighted by molar-refractivity contribution is 1.50. The Hall–Kier alpha value is -2.79. The predicted molar refractivity (Wildman–Crippen MR) is 78.5 cm³/mol. The van der Waals surface area contributed by atoms with Gasteiger partial charge >= 0.3 is 0 Å². The number of hydrogen-bond acceptors (Lipinski definition) is 2. The van der Waals surface area contributed by atoms with Crippen LogP contribution in [0.4, 0.5) is 5.69 Å². The summed E-state index contributed by atoms with van der Waals surface area (Å²) in [7, 11) is 0. The second-order valence-electron chi connectivity index (χ2n) is 4.44. The molecule has 0 heterocycles. The van der Waals surface area contributed by atoms with Crippen LogP contribution in [0.3, 0.4) is 0 Å². The Kier molecular flexibility index (Phi) is 2.66. The highest BCUT2D eigenvalue weighted by Gasteiger charge is 2.07. The molecule has 0 aliphatic carbocycles. The molecule has 2 N–H and O–H groups in total. The maximum absolute atomic E-state index is 9.28. The van der Waals surface area contributed by atoms with Crippen molar-refractivity contribution in [2.75, 3.05) is 5.73 Å². The number of nitriles is 1. The van der Waals surface area contributed by atoms with Crippen LogP contribution in [-0.2, 0) is 0 Å². The second-order valence-corrected chi connectivity index (χ2v) is 4.44. The number of nitrogen functional groups attached to an aromatic ring is 1. The Morgan fingerprint density at radius 1 is 0.842 bits per heavy atom. The van der Waals surface area contributed by atoms with E-state index in [4.69, 9.17) is 5.73 Å². The van der Waals surface area contributed by atoms with Crippen LogP contribution >= 0.6 is 0 Å². The van der Waals surface area contributed by atoms with Gasteiger partial charge in [0.15, 0.2) is 0 Å². The zero-order valence-electron chi connectivity index (χ0n) is 10.3. The van der Waals surface area contributed by atoms with E-state index < -0.39 is 0 Å². The molecule has 0 amide bonds. The van der Waals surface area contributed by atoms with Gasteiger partial charge in [-0.25, -0.2) is 0 Å². The first-order chi connectivity index (χ1) is 9.29. The average molecular weight is 244 g/mol. The summed E-state index contributed by atoms with van der Waals surface area (Å²) in [6.45, 7) is 0. The van der Waals surface area contributed by atoms with Gasteiger partial charge in [0.1, 0.15) is 0 Å². The summed E-state index contributed by atoms with van der Waals surface area (Å²) in [5, 5.41) is 11.4. The van der Waals surface area contributed by atoms with Gasteiger partial charge in [0.25, 0.3) is 0 Å². The van der Waals surface area contributed by atoms with E-state index in [2.05, 4.69) is 6.07 Å². The molecule has 0 atom stereocenters. The molecule has 0 spiro atoms. The molecule has 0 saturated heterocycles. The lowest BCUT2D eigenvalue weighted by Gasteiger charge is -2.08. The van der Waals surface area contributed by atoms with E-state index in [0.717, 1.165) is 27.6 Å². The number of benzene rings is 3. The van der Waals surface area contributed by atoms with Gasteiger partial charge < -0.3 is 5.73 Å². The van der Waals surface area contributed by atoms with Crippen LogP contribution in [0.25, 0.3) is 21.9 Å². The van der Waals surface area contributed by atoms with Gasteiger partial charge in [0, 0.05) is 11.1 Å². The largest absolute Gasteiger partial charge is 0.399 e. The molecule has 0 bridgehead atoms. The molecule has 19 heavy (non-hydrogen) atoms. The van der Waals surface area contributed by atoms with E-state index in [1.807, 2.05) is 60.7 Å². The zero-order chi connectivity index (χ0) is 13.2. The highest BCUT2D eigenvalue weighted by molar-refractivity contribution is 6.00. The van der Waals surface area contributed by atoms with Gasteiger partial charge in [-0.1, -0.05) is 42.5 Å². The second kappa shape index (κ2) is 4.47. The molecule has 0 aliphatic heterocycles. The van der Waals surface area contributed by atoms with E-state index in [-0.39, 0.29) is 0 Å². The quantitative estimate of drug-likeness (QED) is 0.659. The van der Waals surface area contributed by atoms with Crippen LogP contribution in [0.2, 0.25) is 0 Å². The topological polar surface area (TPSA) is 49.8 Å². The summed E-state index contributed by atoms with van der Waals surface area (Å²) in [6.07, 6.45) is 0. The Labute approximate surface area is 111 Å².